The van der Waals surface area contributed by atoms with Gasteiger partial charge in [-0.3, -0.25) is 14.3 Å². The minimum Gasteiger partial charge on any atom is -0.356 e. The largest absolute Gasteiger partial charge is 0.356 e. The topological polar surface area (TPSA) is 104 Å². The van der Waals surface area contributed by atoms with Gasteiger partial charge in [0.1, 0.15) is 11.6 Å². The Morgan fingerprint density at radius 1 is 1.48 bits per heavy atom. The van der Waals surface area contributed by atoms with Gasteiger partial charge in [0, 0.05) is 37.6 Å². The molecule has 2 heterocycles. The van der Waals surface area contributed by atoms with E-state index in [0.717, 1.165) is 12.1 Å². The molecule has 0 aliphatic carbocycles. The number of nitriles is 1. The zero-order valence-electron chi connectivity index (χ0n) is 14.8. The van der Waals surface area contributed by atoms with Crippen LogP contribution in [-0.4, -0.2) is 27.2 Å². The third-order valence-electron chi connectivity index (χ3n) is 4.23. The van der Waals surface area contributed by atoms with E-state index >= 15 is 0 Å². The summed E-state index contributed by atoms with van der Waals surface area (Å²) in [5, 5.41) is 16.2. The van der Waals surface area contributed by atoms with Crippen LogP contribution in [0.1, 0.15) is 35.7 Å². The quantitative estimate of drug-likeness (QED) is 0.795. The summed E-state index contributed by atoms with van der Waals surface area (Å²) in [6.07, 6.45) is 4.43. The molecular formula is C18H23N5O2. The van der Waals surface area contributed by atoms with E-state index in [4.69, 9.17) is 5.26 Å². The van der Waals surface area contributed by atoms with Crippen LogP contribution < -0.4 is 10.9 Å². The van der Waals surface area contributed by atoms with E-state index in [0.29, 0.717) is 30.6 Å². The van der Waals surface area contributed by atoms with E-state index in [1.165, 1.54) is 0 Å². The van der Waals surface area contributed by atoms with Crippen molar-refractivity contribution in [2.45, 2.75) is 40.2 Å². The third kappa shape index (κ3) is 4.80. The molecule has 0 bridgehead atoms. The van der Waals surface area contributed by atoms with Crippen LogP contribution in [0.15, 0.2) is 23.3 Å². The zero-order chi connectivity index (χ0) is 18.4. The minimum absolute atomic E-state index is 0.0455. The van der Waals surface area contributed by atoms with E-state index < -0.39 is 0 Å². The second-order valence-electron chi connectivity index (χ2n) is 6.31. The molecule has 7 heteroatoms. The molecule has 0 aliphatic rings. The van der Waals surface area contributed by atoms with Crippen molar-refractivity contribution < 1.29 is 4.79 Å². The van der Waals surface area contributed by atoms with Gasteiger partial charge in [-0.1, -0.05) is 6.92 Å². The molecule has 2 N–H and O–H groups in total. The predicted molar refractivity (Wildman–Crippen MR) is 94.0 cm³/mol. The van der Waals surface area contributed by atoms with Gasteiger partial charge >= 0.3 is 0 Å². The number of hydrogen-bond acceptors (Lipinski definition) is 4. The van der Waals surface area contributed by atoms with Gasteiger partial charge in [-0.15, -0.1) is 0 Å². The molecule has 2 aromatic heterocycles. The SMILES string of the molecule is Cc1[nH]c(=O)c(C#N)c(C)c1CCC(=O)NC[C@H](C)Cn1cccn1. The lowest BCUT2D eigenvalue weighted by Gasteiger charge is -2.14. The van der Waals surface area contributed by atoms with E-state index in [9.17, 15) is 9.59 Å². The molecule has 132 valence electrons. The van der Waals surface area contributed by atoms with Crippen LogP contribution in [0.5, 0.6) is 0 Å². The fraction of sp³-hybridized carbons (Fsp3) is 0.444. The summed E-state index contributed by atoms with van der Waals surface area (Å²) in [4.78, 5) is 26.5. The van der Waals surface area contributed by atoms with Crippen molar-refractivity contribution in [1.82, 2.24) is 20.1 Å². The first kappa shape index (κ1) is 18.5. The lowest BCUT2D eigenvalue weighted by molar-refractivity contribution is -0.121. The number of nitrogens with zero attached hydrogens (tertiary/aromatic N) is 3. The number of aryl methyl sites for hydroxylation is 1. The maximum Gasteiger partial charge on any atom is 0.266 e. The molecule has 0 spiro atoms. The highest BCUT2D eigenvalue weighted by atomic mass is 16.1. The van der Waals surface area contributed by atoms with Crippen LogP contribution in [0.25, 0.3) is 0 Å². The van der Waals surface area contributed by atoms with Crippen LogP contribution in [0.3, 0.4) is 0 Å². The van der Waals surface area contributed by atoms with Gasteiger partial charge in [0.2, 0.25) is 5.91 Å². The molecule has 7 nitrogen and oxygen atoms in total. The Labute approximate surface area is 146 Å². The van der Waals surface area contributed by atoms with Crippen molar-refractivity contribution in [2.75, 3.05) is 6.54 Å². The number of H-pyrrole nitrogens is 1. The highest BCUT2D eigenvalue weighted by Gasteiger charge is 2.13. The van der Waals surface area contributed by atoms with E-state index in [2.05, 4.69) is 22.3 Å². The first-order valence-electron chi connectivity index (χ1n) is 8.29. The van der Waals surface area contributed by atoms with E-state index in [1.807, 2.05) is 23.0 Å². The molecule has 2 aromatic rings. The smallest absolute Gasteiger partial charge is 0.266 e. The van der Waals surface area contributed by atoms with Gasteiger partial charge < -0.3 is 10.3 Å². The fourth-order valence-electron chi connectivity index (χ4n) is 2.83. The van der Waals surface area contributed by atoms with Crippen LogP contribution in [0.4, 0.5) is 0 Å². The summed E-state index contributed by atoms with van der Waals surface area (Å²) in [5.74, 6) is 0.224. The maximum absolute atomic E-state index is 12.1. The number of carbonyl (C=O) groups is 1. The van der Waals surface area contributed by atoms with Crippen molar-refractivity contribution in [3.63, 3.8) is 0 Å². The van der Waals surface area contributed by atoms with Gasteiger partial charge in [-0.05, 0) is 43.4 Å². The van der Waals surface area contributed by atoms with Crippen LogP contribution >= 0.6 is 0 Å². The molecule has 1 amide bonds. The van der Waals surface area contributed by atoms with Gasteiger partial charge in [-0.25, -0.2) is 0 Å². The first-order valence-corrected chi connectivity index (χ1v) is 8.29. The van der Waals surface area contributed by atoms with Crippen molar-refractivity contribution >= 4 is 5.91 Å². The monoisotopic (exact) mass is 341 g/mol. The van der Waals surface area contributed by atoms with Crippen LogP contribution in [-0.2, 0) is 17.8 Å². The molecule has 0 aliphatic heterocycles. The Balaban J connectivity index is 1.88. The number of aromatic nitrogens is 3. The van der Waals surface area contributed by atoms with E-state index in [-0.39, 0.29) is 22.9 Å². The Kier molecular flexibility index (Phi) is 6.12. The van der Waals surface area contributed by atoms with Crippen molar-refractivity contribution in [3.05, 3.63) is 51.2 Å². The molecule has 1 atom stereocenters. The Hall–Kier alpha value is -2.88. The second-order valence-corrected chi connectivity index (χ2v) is 6.31. The summed E-state index contributed by atoms with van der Waals surface area (Å²) in [6, 6.07) is 3.80. The minimum atomic E-state index is -0.377. The predicted octanol–water partition coefficient (Wildman–Crippen LogP) is 1.45. The zero-order valence-corrected chi connectivity index (χ0v) is 14.8. The van der Waals surface area contributed by atoms with Gasteiger partial charge in [0.15, 0.2) is 0 Å². The normalized spacial score (nSPS) is 11.8. The Morgan fingerprint density at radius 2 is 2.24 bits per heavy atom. The van der Waals surface area contributed by atoms with Crippen LogP contribution in [0.2, 0.25) is 0 Å². The summed E-state index contributed by atoms with van der Waals surface area (Å²) in [7, 11) is 0. The molecule has 25 heavy (non-hydrogen) atoms. The average molecular weight is 341 g/mol. The lowest BCUT2D eigenvalue weighted by atomic mass is 9.99. The maximum atomic E-state index is 12.1. The second kappa shape index (κ2) is 8.29. The van der Waals surface area contributed by atoms with Crippen molar-refractivity contribution in [3.8, 4) is 6.07 Å². The number of nitrogens with one attached hydrogen (secondary N) is 2. The molecule has 0 radical (unpaired) electrons. The molecule has 0 saturated carbocycles. The summed E-state index contributed by atoms with van der Waals surface area (Å²) < 4.78 is 1.84. The molecule has 2 rings (SSSR count). The molecule has 0 aromatic carbocycles. The van der Waals surface area contributed by atoms with Crippen molar-refractivity contribution in [1.29, 1.82) is 5.26 Å². The average Bonchev–Trinajstić information content (AvgIpc) is 3.05. The van der Waals surface area contributed by atoms with Gasteiger partial charge in [0.25, 0.3) is 5.56 Å². The standard InChI is InChI=1S/C18H23N5O2/c1-12(11-23-8-4-7-21-23)10-20-17(24)6-5-15-13(2)16(9-19)18(25)22-14(15)3/h4,7-8,12H,5-6,10-11H2,1-3H3,(H,20,24)(H,22,25)/t12-/m0/s1. The Morgan fingerprint density at radius 3 is 2.88 bits per heavy atom. The molecule has 0 unspecified atom stereocenters. The van der Waals surface area contributed by atoms with Gasteiger partial charge in [0.05, 0.1) is 0 Å². The number of aromatic amines is 1. The number of amides is 1. The van der Waals surface area contributed by atoms with E-state index in [1.54, 1.807) is 20.0 Å². The summed E-state index contributed by atoms with van der Waals surface area (Å²) >= 11 is 0. The van der Waals surface area contributed by atoms with Gasteiger partial charge in [-0.2, -0.15) is 10.4 Å². The molecule has 0 fully saturated rings. The first-order chi connectivity index (χ1) is 11.9. The Bertz CT molecular complexity index is 830. The number of rotatable bonds is 7. The highest BCUT2D eigenvalue weighted by molar-refractivity contribution is 5.76. The van der Waals surface area contributed by atoms with Crippen molar-refractivity contribution in [2.24, 2.45) is 5.92 Å². The van der Waals surface area contributed by atoms with Crippen LogP contribution in [0, 0.1) is 31.1 Å². The number of carbonyl (C=O) groups excluding carboxylic acids is 1. The third-order valence-corrected chi connectivity index (χ3v) is 4.23. The lowest BCUT2D eigenvalue weighted by Crippen LogP contribution is -2.30. The summed E-state index contributed by atoms with van der Waals surface area (Å²) in [5.41, 5.74) is 1.97. The summed E-state index contributed by atoms with van der Waals surface area (Å²) in [6.45, 7) is 6.91. The number of pyridine rings is 1. The highest BCUT2D eigenvalue weighted by Crippen LogP contribution is 2.14. The molecule has 0 saturated heterocycles. The number of hydrogen-bond donors (Lipinski definition) is 2. The molecular weight excluding hydrogens is 318 g/mol. The fourth-order valence-corrected chi connectivity index (χ4v) is 2.83.